The van der Waals surface area contributed by atoms with Crippen LogP contribution < -0.4 is 0 Å². The van der Waals surface area contributed by atoms with Crippen LogP contribution in [0.2, 0.25) is 0 Å². The number of nitrogens with zero attached hydrogens (tertiary/aromatic N) is 8. The molecule has 8 nitrogen and oxygen atoms in total. The first-order valence-corrected chi connectivity index (χ1v) is 5.88. The predicted octanol–water partition coefficient (Wildman–Crippen LogP) is 0.484. The van der Waals surface area contributed by atoms with Gasteiger partial charge in [-0.05, 0) is 0 Å². The van der Waals surface area contributed by atoms with Gasteiger partial charge in [0.2, 0.25) is 9.92 Å². The van der Waals surface area contributed by atoms with E-state index >= 15 is 0 Å². The topological polar surface area (TPSA) is 86.2 Å². The maximum atomic E-state index is 3.89. The van der Waals surface area contributed by atoms with Crippen molar-refractivity contribution < 1.29 is 0 Å². The Morgan fingerprint density at radius 2 is 1.29 bits per heavy atom. The van der Waals surface area contributed by atoms with Gasteiger partial charge in [0, 0.05) is 0 Å². The number of rotatable bonds is 0. The molecular formula is C6H6N8S3. The van der Waals surface area contributed by atoms with Crippen molar-refractivity contribution in [2.75, 3.05) is 0 Å². The Kier molecular flexibility index (Phi) is 3.61. The van der Waals surface area contributed by atoms with Crippen LogP contribution in [0.25, 0.3) is 9.92 Å². The van der Waals surface area contributed by atoms with Gasteiger partial charge < -0.3 is 0 Å². The monoisotopic (exact) mass is 286 g/mol. The van der Waals surface area contributed by atoms with E-state index in [1.165, 1.54) is 22.7 Å². The second-order valence-electron chi connectivity index (χ2n) is 2.59. The van der Waals surface area contributed by atoms with Crippen LogP contribution in [0, 0.1) is 0 Å². The summed E-state index contributed by atoms with van der Waals surface area (Å²) in [5, 5.41) is 22.5. The van der Waals surface area contributed by atoms with Gasteiger partial charge in [-0.1, -0.05) is 22.7 Å². The fourth-order valence-corrected chi connectivity index (χ4v) is 2.07. The summed E-state index contributed by atoms with van der Waals surface area (Å²) >= 11 is 2.94. The Labute approximate surface area is 109 Å². The average molecular weight is 286 g/mol. The number of aromatic nitrogens is 8. The van der Waals surface area contributed by atoms with Gasteiger partial charge in [-0.2, -0.15) is 32.7 Å². The summed E-state index contributed by atoms with van der Waals surface area (Å²) in [6, 6.07) is 0. The molecule has 4 heterocycles. The number of fused-ring (bicyclic) bond motifs is 2. The van der Waals surface area contributed by atoms with E-state index in [-0.39, 0.29) is 13.5 Å². The molecule has 17 heavy (non-hydrogen) atoms. The lowest BCUT2D eigenvalue weighted by Crippen LogP contribution is -1.75. The van der Waals surface area contributed by atoms with Crippen molar-refractivity contribution in [1.29, 1.82) is 0 Å². The molecule has 0 saturated carbocycles. The number of hydrogen-bond acceptors (Lipinski definition) is 8. The first-order valence-electron chi connectivity index (χ1n) is 4.12. The van der Waals surface area contributed by atoms with Gasteiger partial charge in [0.15, 0.2) is 0 Å². The van der Waals surface area contributed by atoms with E-state index in [4.69, 9.17) is 0 Å². The molecule has 0 aliphatic heterocycles. The largest absolute Gasteiger partial charge is 0.234 e. The third-order valence-corrected chi connectivity index (χ3v) is 3.02. The molecule has 0 atom stereocenters. The Morgan fingerprint density at radius 3 is 1.71 bits per heavy atom. The van der Waals surface area contributed by atoms with E-state index in [1.54, 1.807) is 32.7 Å². The Balaban J connectivity index is 0.000000120. The van der Waals surface area contributed by atoms with Crippen molar-refractivity contribution in [2.45, 2.75) is 0 Å². The van der Waals surface area contributed by atoms with E-state index in [1.807, 2.05) is 0 Å². The second-order valence-corrected chi connectivity index (χ2v) is 4.22. The molecule has 0 unspecified atom stereocenters. The van der Waals surface area contributed by atoms with Crippen LogP contribution in [0.15, 0.2) is 23.7 Å². The van der Waals surface area contributed by atoms with Gasteiger partial charge >= 0.3 is 0 Å². The highest BCUT2D eigenvalue weighted by Crippen LogP contribution is 2.01. The Morgan fingerprint density at radius 1 is 0.824 bits per heavy atom. The van der Waals surface area contributed by atoms with Gasteiger partial charge in [0.05, 0.1) is 0 Å². The molecule has 4 rings (SSSR count). The maximum absolute atomic E-state index is 3.89. The highest BCUT2D eigenvalue weighted by atomic mass is 32.1. The molecule has 0 aliphatic rings. The van der Waals surface area contributed by atoms with E-state index < -0.39 is 0 Å². The van der Waals surface area contributed by atoms with Crippen molar-refractivity contribution in [2.24, 2.45) is 0 Å². The molecule has 0 spiro atoms. The van der Waals surface area contributed by atoms with E-state index in [9.17, 15) is 0 Å². The van der Waals surface area contributed by atoms with Gasteiger partial charge in [0.1, 0.15) is 23.7 Å². The van der Waals surface area contributed by atoms with Crippen LogP contribution in [0.5, 0.6) is 0 Å². The van der Waals surface area contributed by atoms with Crippen molar-refractivity contribution in [3.63, 3.8) is 0 Å². The molecule has 0 fully saturated rings. The molecule has 4 aromatic heterocycles. The third-order valence-electron chi connectivity index (χ3n) is 1.66. The van der Waals surface area contributed by atoms with Crippen molar-refractivity contribution in [1.82, 2.24) is 39.6 Å². The predicted molar refractivity (Wildman–Crippen MR) is 67.7 cm³/mol. The summed E-state index contributed by atoms with van der Waals surface area (Å²) in [6.07, 6.45) is 3.15. The Hall–Kier alpha value is -1.59. The lowest BCUT2D eigenvalue weighted by molar-refractivity contribution is 0.955. The van der Waals surface area contributed by atoms with E-state index in [0.29, 0.717) is 0 Å². The van der Waals surface area contributed by atoms with Gasteiger partial charge in [-0.25, -0.2) is 0 Å². The number of hydrogen-bond donors (Lipinski definition) is 0. The van der Waals surface area contributed by atoms with Crippen LogP contribution in [0.4, 0.5) is 0 Å². The van der Waals surface area contributed by atoms with Crippen molar-refractivity contribution in [3.05, 3.63) is 23.7 Å². The summed E-state index contributed by atoms with van der Waals surface area (Å²) in [4.78, 5) is 1.68. The van der Waals surface area contributed by atoms with Crippen molar-refractivity contribution >= 4 is 46.1 Å². The lowest BCUT2D eigenvalue weighted by atomic mass is 11.3. The lowest BCUT2D eigenvalue weighted by Gasteiger charge is -1.66. The molecular weight excluding hydrogens is 280 g/mol. The van der Waals surface area contributed by atoms with Gasteiger partial charge in [0.25, 0.3) is 0 Å². The molecule has 0 N–H and O–H groups in total. The van der Waals surface area contributed by atoms with Crippen LogP contribution in [0.3, 0.4) is 0 Å². The third kappa shape index (κ3) is 2.40. The molecule has 0 saturated heterocycles. The van der Waals surface area contributed by atoms with Crippen LogP contribution in [-0.2, 0) is 0 Å². The molecule has 0 radical (unpaired) electrons. The summed E-state index contributed by atoms with van der Waals surface area (Å²) < 4.78 is 3.26. The zero-order valence-electron chi connectivity index (χ0n) is 8.20. The minimum atomic E-state index is 0. The fraction of sp³-hybridized carbons (Fsp3) is 0. The zero-order valence-corrected chi connectivity index (χ0v) is 10.8. The molecule has 0 amide bonds. The maximum Gasteiger partial charge on any atom is 0.234 e. The van der Waals surface area contributed by atoms with Gasteiger partial charge in [-0.15, -0.1) is 20.4 Å². The van der Waals surface area contributed by atoms with E-state index in [0.717, 1.165) is 9.92 Å². The van der Waals surface area contributed by atoms with Gasteiger partial charge in [-0.3, -0.25) is 0 Å². The molecule has 4 aromatic rings. The standard InChI is InChI=1S/2C3H2N4S.H2S/c2*1-4-6-3-7(1)5-2-8-3;/h2*1-2H;1H2. The SMILES string of the molecule is S.c1nn2cnnc2s1.c1nn2cnnc2s1. The molecule has 88 valence electrons. The fourth-order valence-electron chi connectivity index (χ4n) is 0.995. The first-order chi connectivity index (χ1) is 7.93. The summed E-state index contributed by atoms with van der Waals surface area (Å²) in [5.74, 6) is 0. The second kappa shape index (κ2) is 5.16. The molecule has 0 bridgehead atoms. The van der Waals surface area contributed by atoms with E-state index in [2.05, 4.69) is 30.6 Å². The van der Waals surface area contributed by atoms with Crippen molar-refractivity contribution in [3.8, 4) is 0 Å². The molecule has 11 heteroatoms. The quantitative estimate of drug-likeness (QED) is 0.467. The average Bonchev–Trinajstić information content (AvgIpc) is 2.99. The molecule has 0 aromatic carbocycles. The summed E-state index contributed by atoms with van der Waals surface area (Å²) in [6.45, 7) is 0. The summed E-state index contributed by atoms with van der Waals surface area (Å²) in [7, 11) is 0. The van der Waals surface area contributed by atoms with Crippen LogP contribution in [-0.4, -0.2) is 39.6 Å². The highest BCUT2D eigenvalue weighted by molar-refractivity contribution is 7.59. The normalized spacial score (nSPS) is 9.88. The zero-order chi connectivity index (χ0) is 10.8. The Bertz CT molecular complexity index is 529. The highest BCUT2D eigenvalue weighted by Gasteiger charge is 1.92. The van der Waals surface area contributed by atoms with Crippen LogP contribution in [0.1, 0.15) is 0 Å². The molecule has 0 aliphatic carbocycles. The minimum Gasteiger partial charge on any atom is -0.197 e. The summed E-state index contributed by atoms with van der Waals surface area (Å²) in [5.41, 5.74) is 3.45. The smallest absolute Gasteiger partial charge is 0.197 e. The van der Waals surface area contributed by atoms with Crippen LogP contribution >= 0.6 is 36.2 Å². The first kappa shape index (κ1) is 11.9. The minimum absolute atomic E-state index is 0.